The lowest BCUT2D eigenvalue weighted by molar-refractivity contribution is -0.154. The van der Waals surface area contributed by atoms with Crippen molar-refractivity contribution in [3.63, 3.8) is 0 Å². The number of carbonyl (C=O) groups is 2. The second kappa shape index (κ2) is 7.91. The summed E-state index contributed by atoms with van der Waals surface area (Å²) in [5.74, 6) is -3.79. The maximum atomic E-state index is 10.6. The van der Waals surface area contributed by atoms with Crippen LogP contribution in [0.5, 0.6) is 0 Å². The third-order valence-electron chi connectivity index (χ3n) is 2.50. The number of unbranched alkanes of at least 4 members (excludes halogenated alkanes) is 1. The molecule has 2 N–H and O–H groups in total. The van der Waals surface area contributed by atoms with Crippen molar-refractivity contribution >= 4 is 11.9 Å². The minimum atomic E-state index is -1.28. The molecule has 0 spiro atoms. The molecule has 92 valence electrons. The van der Waals surface area contributed by atoms with Crippen LogP contribution in [-0.2, 0) is 9.59 Å². The van der Waals surface area contributed by atoms with Crippen LogP contribution in [0.15, 0.2) is 12.2 Å². The Kier molecular flexibility index (Phi) is 7.25. The highest BCUT2D eigenvalue weighted by molar-refractivity contribution is 5.92. The topological polar surface area (TPSA) is 74.6 Å². The van der Waals surface area contributed by atoms with E-state index in [-0.39, 0.29) is 6.42 Å². The predicted octanol–water partition coefficient (Wildman–Crippen LogP) is 2.69. The van der Waals surface area contributed by atoms with E-state index in [1.165, 1.54) is 0 Å². The average Bonchev–Trinajstić information content (AvgIpc) is 2.20. The Balaban J connectivity index is 3.82. The summed E-state index contributed by atoms with van der Waals surface area (Å²) in [4.78, 5) is 21.2. The fourth-order valence-corrected chi connectivity index (χ4v) is 1.46. The SMILES string of the molecule is C=C(CCCC)CCCC(C(=O)O)C(=O)O. The van der Waals surface area contributed by atoms with E-state index in [0.717, 1.165) is 31.3 Å². The van der Waals surface area contributed by atoms with E-state index < -0.39 is 17.9 Å². The van der Waals surface area contributed by atoms with Crippen LogP contribution >= 0.6 is 0 Å². The van der Waals surface area contributed by atoms with Gasteiger partial charge in [0, 0.05) is 0 Å². The molecule has 0 fully saturated rings. The fourth-order valence-electron chi connectivity index (χ4n) is 1.46. The summed E-state index contributed by atoms with van der Waals surface area (Å²) >= 11 is 0. The third kappa shape index (κ3) is 6.22. The number of aliphatic carboxylic acids is 2. The quantitative estimate of drug-likeness (QED) is 0.470. The van der Waals surface area contributed by atoms with Gasteiger partial charge in [-0.05, 0) is 32.1 Å². The van der Waals surface area contributed by atoms with E-state index in [1.54, 1.807) is 0 Å². The van der Waals surface area contributed by atoms with Crippen molar-refractivity contribution in [1.82, 2.24) is 0 Å². The zero-order chi connectivity index (χ0) is 12.6. The smallest absolute Gasteiger partial charge is 0.317 e. The lowest BCUT2D eigenvalue weighted by Crippen LogP contribution is -2.23. The molecule has 4 nitrogen and oxygen atoms in total. The molecule has 0 amide bonds. The highest BCUT2D eigenvalue weighted by atomic mass is 16.4. The summed E-state index contributed by atoms with van der Waals surface area (Å²) in [6.07, 6.45) is 4.60. The summed E-state index contributed by atoms with van der Waals surface area (Å²) in [5.41, 5.74) is 1.08. The van der Waals surface area contributed by atoms with Crippen molar-refractivity contribution < 1.29 is 19.8 Å². The second-order valence-electron chi connectivity index (χ2n) is 3.97. The van der Waals surface area contributed by atoms with Crippen LogP contribution in [0.2, 0.25) is 0 Å². The van der Waals surface area contributed by atoms with E-state index in [1.807, 2.05) is 0 Å². The zero-order valence-corrected chi connectivity index (χ0v) is 9.74. The van der Waals surface area contributed by atoms with E-state index in [0.29, 0.717) is 6.42 Å². The normalized spacial score (nSPS) is 10.4. The number of hydrogen-bond donors (Lipinski definition) is 2. The molecular weight excluding hydrogens is 208 g/mol. The molecule has 0 saturated carbocycles. The van der Waals surface area contributed by atoms with Crippen molar-refractivity contribution in [1.29, 1.82) is 0 Å². The third-order valence-corrected chi connectivity index (χ3v) is 2.50. The van der Waals surface area contributed by atoms with Crippen LogP contribution in [0.1, 0.15) is 45.4 Å². The number of carboxylic acids is 2. The molecule has 0 atom stereocenters. The molecule has 16 heavy (non-hydrogen) atoms. The van der Waals surface area contributed by atoms with Gasteiger partial charge in [0.2, 0.25) is 0 Å². The largest absolute Gasteiger partial charge is 0.481 e. The fraction of sp³-hybridized carbons (Fsp3) is 0.667. The van der Waals surface area contributed by atoms with Crippen LogP contribution in [0.3, 0.4) is 0 Å². The van der Waals surface area contributed by atoms with Crippen LogP contribution in [0.4, 0.5) is 0 Å². The minimum Gasteiger partial charge on any atom is -0.481 e. The van der Waals surface area contributed by atoms with Crippen molar-refractivity contribution in [2.24, 2.45) is 5.92 Å². The van der Waals surface area contributed by atoms with Gasteiger partial charge in [0.1, 0.15) is 0 Å². The van der Waals surface area contributed by atoms with Crippen molar-refractivity contribution in [3.8, 4) is 0 Å². The van der Waals surface area contributed by atoms with Crippen molar-refractivity contribution in [2.75, 3.05) is 0 Å². The molecule has 0 bridgehead atoms. The molecule has 0 saturated heterocycles. The lowest BCUT2D eigenvalue weighted by atomic mass is 9.98. The molecular formula is C12H20O4. The molecule has 0 heterocycles. The summed E-state index contributed by atoms with van der Waals surface area (Å²) in [6.45, 7) is 5.98. The van der Waals surface area contributed by atoms with Crippen LogP contribution in [0, 0.1) is 5.92 Å². The molecule has 0 aliphatic rings. The van der Waals surface area contributed by atoms with Crippen LogP contribution in [0.25, 0.3) is 0 Å². The Morgan fingerprint density at radius 3 is 2.06 bits per heavy atom. The lowest BCUT2D eigenvalue weighted by Gasteiger charge is -2.08. The van der Waals surface area contributed by atoms with Gasteiger partial charge in [-0.3, -0.25) is 9.59 Å². The number of carboxylic acid groups (broad SMARTS) is 2. The number of hydrogen-bond acceptors (Lipinski definition) is 2. The predicted molar refractivity (Wildman–Crippen MR) is 61.3 cm³/mol. The highest BCUT2D eigenvalue weighted by Crippen LogP contribution is 2.16. The standard InChI is InChI=1S/C12H20O4/c1-3-4-6-9(2)7-5-8-10(11(13)14)12(15)16/h10H,2-8H2,1H3,(H,13,14)(H,15,16). The van der Waals surface area contributed by atoms with Crippen molar-refractivity contribution in [2.45, 2.75) is 45.4 Å². The first-order valence-corrected chi connectivity index (χ1v) is 5.61. The summed E-state index contributed by atoms with van der Waals surface area (Å²) < 4.78 is 0. The second-order valence-corrected chi connectivity index (χ2v) is 3.97. The van der Waals surface area contributed by atoms with Gasteiger partial charge in [0.05, 0.1) is 0 Å². The first-order valence-electron chi connectivity index (χ1n) is 5.61. The molecule has 0 rings (SSSR count). The average molecular weight is 228 g/mol. The van der Waals surface area contributed by atoms with E-state index >= 15 is 0 Å². The molecule has 0 aromatic carbocycles. The van der Waals surface area contributed by atoms with Gasteiger partial charge in [-0.25, -0.2) is 0 Å². The van der Waals surface area contributed by atoms with E-state index in [9.17, 15) is 9.59 Å². The monoisotopic (exact) mass is 228 g/mol. The van der Waals surface area contributed by atoms with Gasteiger partial charge < -0.3 is 10.2 Å². The first-order chi connectivity index (χ1) is 7.49. The van der Waals surface area contributed by atoms with Gasteiger partial charge in [0.15, 0.2) is 5.92 Å². The maximum Gasteiger partial charge on any atom is 0.317 e. The summed E-state index contributed by atoms with van der Waals surface area (Å²) in [7, 11) is 0. The number of allylic oxidation sites excluding steroid dienone is 1. The Bertz CT molecular complexity index is 244. The Labute approximate surface area is 96.0 Å². The van der Waals surface area contributed by atoms with Gasteiger partial charge >= 0.3 is 11.9 Å². The van der Waals surface area contributed by atoms with E-state index in [2.05, 4.69) is 13.5 Å². The maximum absolute atomic E-state index is 10.6. The molecule has 0 aliphatic heterocycles. The summed E-state index contributed by atoms with van der Waals surface area (Å²) in [5, 5.41) is 17.3. The van der Waals surface area contributed by atoms with Gasteiger partial charge in [-0.2, -0.15) is 0 Å². The molecule has 0 unspecified atom stereocenters. The van der Waals surface area contributed by atoms with Crippen LogP contribution < -0.4 is 0 Å². The molecule has 0 aromatic rings. The van der Waals surface area contributed by atoms with Gasteiger partial charge in [-0.15, -0.1) is 0 Å². The van der Waals surface area contributed by atoms with Gasteiger partial charge in [-0.1, -0.05) is 25.5 Å². The zero-order valence-electron chi connectivity index (χ0n) is 9.74. The van der Waals surface area contributed by atoms with Crippen LogP contribution in [-0.4, -0.2) is 22.2 Å². The molecule has 0 aliphatic carbocycles. The summed E-state index contributed by atoms with van der Waals surface area (Å²) in [6, 6.07) is 0. The Morgan fingerprint density at radius 2 is 1.62 bits per heavy atom. The van der Waals surface area contributed by atoms with Gasteiger partial charge in [0.25, 0.3) is 0 Å². The molecule has 4 heteroatoms. The first kappa shape index (κ1) is 14.7. The van der Waals surface area contributed by atoms with Crippen molar-refractivity contribution in [3.05, 3.63) is 12.2 Å². The minimum absolute atomic E-state index is 0.176. The number of rotatable bonds is 9. The van der Waals surface area contributed by atoms with E-state index in [4.69, 9.17) is 10.2 Å². The molecule has 0 radical (unpaired) electrons. The Hall–Kier alpha value is -1.32. The molecule has 0 aromatic heterocycles. The highest BCUT2D eigenvalue weighted by Gasteiger charge is 2.24. The Morgan fingerprint density at radius 1 is 1.12 bits per heavy atom.